The van der Waals surface area contributed by atoms with Crippen LogP contribution in [-0.4, -0.2) is 18.9 Å². The molecule has 0 bridgehead atoms. The van der Waals surface area contributed by atoms with Crippen LogP contribution < -0.4 is 15.0 Å². The molecule has 3 aromatic carbocycles. The van der Waals surface area contributed by atoms with E-state index in [-0.39, 0.29) is 16.3 Å². The molecule has 4 rings (SSSR count). The third kappa shape index (κ3) is 4.48. The van der Waals surface area contributed by atoms with Gasteiger partial charge in [0.1, 0.15) is 16.4 Å². The lowest BCUT2D eigenvalue weighted by atomic mass is 10.2. The van der Waals surface area contributed by atoms with Gasteiger partial charge in [0.15, 0.2) is 0 Å². The monoisotopic (exact) mass is 484 g/mol. The Labute approximate surface area is 200 Å². The molecule has 2 amide bonds. The third-order valence-electron chi connectivity index (χ3n) is 4.78. The average Bonchev–Trinajstić information content (AvgIpc) is 3.00. The number of rotatable bonds is 6. The first kappa shape index (κ1) is 22.3. The maximum absolute atomic E-state index is 13.5. The van der Waals surface area contributed by atoms with Gasteiger partial charge in [0.05, 0.1) is 12.8 Å². The van der Waals surface area contributed by atoms with Crippen LogP contribution in [0, 0.1) is 6.92 Å². The van der Waals surface area contributed by atoms with Crippen molar-refractivity contribution in [2.24, 2.45) is 0 Å². The van der Waals surface area contributed by atoms with E-state index in [0.717, 1.165) is 15.4 Å². The first-order valence-corrected chi connectivity index (χ1v) is 11.2. The molecule has 3 aromatic rings. The number of carbonyl (C=O) groups excluding carboxylic acids is 2. The minimum Gasteiger partial charge on any atom is -0.495 e. The minimum absolute atomic E-state index is 0.181. The molecule has 0 atom stereocenters. The second-order valence-electron chi connectivity index (χ2n) is 7.01. The fourth-order valence-electron chi connectivity index (χ4n) is 3.17. The predicted molar refractivity (Wildman–Crippen MR) is 130 cm³/mol. The van der Waals surface area contributed by atoms with E-state index in [2.05, 4.69) is 5.32 Å². The molecule has 8 heteroatoms. The molecule has 162 valence electrons. The van der Waals surface area contributed by atoms with Gasteiger partial charge in [-0.1, -0.05) is 52.7 Å². The molecule has 0 saturated heterocycles. The number of anilines is 2. The summed E-state index contributed by atoms with van der Waals surface area (Å²) in [6, 6.07) is 19.4. The molecule has 1 heterocycles. The van der Waals surface area contributed by atoms with E-state index in [0.29, 0.717) is 21.5 Å². The molecule has 0 saturated carbocycles. The number of nitrogens with one attached hydrogen (secondary N) is 1. The van der Waals surface area contributed by atoms with E-state index in [9.17, 15) is 9.59 Å². The second-order valence-corrected chi connectivity index (χ2v) is 8.97. The van der Waals surface area contributed by atoms with Crippen LogP contribution in [0.1, 0.15) is 5.56 Å². The molecule has 0 aliphatic carbocycles. The molecule has 0 fully saturated rings. The van der Waals surface area contributed by atoms with Gasteiger partial charge in [0.2, 0.25) is 0 Å². The van der Waals surface area contributed by atoms with Gasteiger partial charge in [-0.3, -0.25) is 9.59 Å². The van der Waals surface area contributed by atoms with Gasteiger partial charge in [0, 0.05) is 20.6 Å². The Morgan fingerprint density at radius 3 is 2.19 bits per heavy atom. The number of hydrogen-bond acceptors (Lipinski definition) is 5. The molecule has 0 aromatic heterocycles. The summed E-state index contributed by atoms with van der Waals surface area (Å²) in [4.78, 5) is 29.1. The van der Waals surface area contributed by atoms with E-state index in [1.807, 2.05) is 31.2 Å². The second kappa shape index (κ2) is 9.28. The summed E-state index contributed by atoms with van der Waals surface area (Å²) in [5.74, 6) is -0.596. The van der Waals surface area contributed by atoms with Crippen LogP contribution in [-0.2, 0) is 9.59 Å². The Morgan fingerprint density at radius 2 is 1.53 bits per heavy atom. The largest absolute Gasteiger partial charge is 0.495 e. The lowest BCUT2D eigenvalue weighted by Gasteiger charge is -2.18. The average molecular weight is 485 g/mol. The molecular formula is C24H18Cl2N2O3S. The number of nitrogens with zero attached hydrogens (tertiary/aromatic N) is 1. The first-order chi connectivity index (χ1) is 15.4. The standard InChI is InChI=1S/C24H18Cl2N2O3S/c1-14-3-8-17(9-4-14)27-21-22(32-18-10-5-15(25)6-11-18)24(30)28(23(21)29)19-13-16(26)7-12-20(19)31-2/h3-13,27H,1-2H3. The van der Waals surface area contributed by atoms with Crippen LogP contribution in [0.25, 0.3) is 0 Å². The third-order valence-corrected chi connectivity index (χ3v) is 6.36. The number of benzene rings is 3. The van der Waals surface area contributed by atoms with Crippen LogP contribution in [0.2, 0.25) is 10.0 Å². The molecule has 32 heavy (non-hydrogen) atoms. The lowest BCUT2D eigenvalue weighted by molar-refractivity contribution is -0.120. The molecular weight excluding hydrogens is 467 g/mol. The summed E-state index contributed by atoms with van der Waals surface area (Å²) in [5.41, 5.74) is 2.24. The van der Waals surface area contributed by atoms with Gasteiger partial charge in [-0.15, -0.1) is 0 Å². The Morgan fingerprint density at radius 1 is 0.875 bits per heavy atom. The maximum Gasteiger partial charge on any atom is 0.283 e. The normalized spacial score (nSPS) is 13.7. The number of ether oxygens (including phenoxy) is 1. The topological polar surface area (TPSA) is 58.6 Å². The van der Waals surface area contributed by atoms with Crippen molar-refractivity contribution < 1.29 is 14.3 Å². The van der Waals surface area contributed by atoms with Crippen molar-refractivity contribution in [3.8, 4) is 5.75 Å². The highest BCUT2D eigenvalue weighted by Crippen LogP contribution is 2.41. The number of methoxy groups -OCH3 is 1. The van der Waals surface area contributed by atoms with Crippen molar-refractivity contribution in [2.75, 3.05) is 17.3 Å². The fourth-order valence-corrected chi connectivity index (χ4v) is 4.39. The van der Waals surface area contributed by atoms with E-state index in [4.69, 9.17) is 27.9 Å². The van der Waals surface area contributed by atoms with Crippen LogP contribution >= 0.6 is 35.0 Å². The van der Waals surface area contributed by atoms with Gasteiger partial charge < -0.3 is 10.1 Å². The van der Waals surface area contributed by atoms with Gasteiger partial charge in [0.25, 0.3) is 11.8 Å². The Bertz CT molecular complexity index is 1160. The Hall–Kier alpha value is -2.93. The van der Waals surface area contributed by atoms with Crippen molar-refractivity contribution in [3.05, 3.63) is 92.9 Å². The van der Waals surface area contributed by atoms with E-state index < -0.39 is 11.8 Å². The number of amides is 2. The highest BCUT2D eigenvalue weighted by Gasteiger charge is 2.41. The number of carbonyl (C=O) groups is 2. The zero-order chi connectivity index (χ0) is 22.8. The fraction of sp³-hybridized carbons (Fsp3) is 0.0833. The zero-order valence-corrected chi connectivity index (χ0v) is 19.5. The van der Waals surface area contributed by atoms with Gasteiger partial charge in [-0.25, -0.2) is 4.90 Å². The molecule has 1 N–H and O–H groups in total. The molecule has 0 spiro atoms. The van der Waals surface area contributed by atoms with Crippen molar-refractivity contribution in [1.82, 2.24) is 0 Å². The smallest absolute Gasteiger partial charge is 0.283 e. The highest BCUT2D eigenvalue weighted by atomic mass is 35.5. The predicted octanol–water partition coefficient (Wildman–Crippen LogP) is 6.30. The van der Waals surface area contributed by atoms with E-state index in [1.165, 1.54) is 24.9 Å². The number of hydrogen-bond donors (Lipinski definition) is 1. The summed E-state index contributed by atoms with van der Waals surface area (Å²) in [6.45, 7) is 1.97. The summed E-state index contributed by atoms with van der Waals surface area (Å²) in [5, 5.41) is 4.10. The molecule has 5 nitrogen and oxygen atoms in total. The van der Waals surface area contributed by atoms with Gasteiger partial charge in [-0.2, -0.15) is 0 Å². The quantitative estimate of drug-likeness (QED) is 0.416. The van der Waals surface area contributed by atoms with E-state index in [1.54, 1.807) is 36.4 Å². The SMILES string of the molecule is COc1ccc(Cl)cc1N1C(=O)C(Nc2ccc(C)cc2)=C(Sc2ccc(Cl)cc2)C1=O. The zero-order valence-electron chi connectivity index (χ0n) is 17.2. The summed E-state index contributed by atoms with van der Waals surface area (Å²) in [7, 11) is 1.47. The number of thioether (sulfide) groups is 1. The van der Waals surface area contributed by atoms with Gasteiger partial charge in [-0.05, 0) is 61.5 Å². The number of aryl methyl sites for hydroxylation is 1. The summed E-state index contributed by atoms with van der Waals surface area (Å²) < 4.78 is 5.38. The van der Waals surface area contributed by atoms with Crippen molar-refractivity contribution in [2.45, 2.75) is 11.8 Å². The molecule has 1 aliphatic heterocycles. The Balaban J connectivity index is 1.78. The molecule has 0 radical (unpaired) electrons. The number of imide groups is 1. The minimum atomic E-state index is -0.493. The van der Waals surface area contributed by atoms with Crippen molar-refractivity contribution >= 4 is 58.2 Å². The maximum atomic E-state index is 13.5. The molecule has 0 unspecified atom stereocenters. The van der Waals surface area contributed by atoms with Crippen LogP contribution in [0.4, 0.5) is 11.4 Å². The first-order valence-electron chi connectivity index (χ1n) is 9.61. The lowest BCUT2D eigenvalue weighted by Crippen LogP contribution is -2.32. The van der Waals surface area contributed by atoms with Crippen LogP contribution in [0.15, 0.2) is 82.2 Å². The highest BCUT2D eigenvalue weighted by molar-refractivity contribution is 8.04. The number of halogens is 2. The van der Waals surface area contributed by atoms with E-state index >= 15 is 0 Å². The van der Waals surface area contributed by atoms with Gasteiger partial charge >= 0.3 is 0 Å². The van der Waals surface area contributed by atoms with Crippen molar-refractivity contribution in [3.63, 3.8) is 0 Å². The molecule has 1 aliphatic rings. The van der Waals surface area contributed by atoms with Crippen LogP contribution in [0.5, 0.6) is 5.75 Å². The summed E-state index contributed by atoms with van der Waals surface area (Å²) in [6.07, 6.45) is 0. The van der Waals surface area contributed by atoms with Crippen molar-refractivity contribution in [1.29, 1.82) is 0 Å². The summed E-state index contributed by atoms with van der Waals surface area (Å²) >= 11 is 13.3. The van der Waals surface area contributed by atoms with Crippen LogP contribution in [0.3, 0.4) is 0 Å². The Kier molecular flexibility index (Phi) is 6.46.